The average molecular weight is 578 g/mol. The number of hydrogen-bond acceptors (Lipinski definition) is 3. The fourth-order valence-electron chi connectivity index (χ4n) is 11.2. The van der Waals surface area contributed by atoms with Gasteiger partial charge in [0.05, 0.1) is 18.1 Å². The molecule has 0 heterocycles. The van der Waals surface area contributed by atoms with E-state index in [1.807, 2.05) is 0 Å². The van der Waals surface area contributed by atoms with Gasteiger partial charge in [-0.1, -0.05) is 76.0 Å². The Morgan fingerprint density at radius 3 is 2.38 bits per heavy atom. The van der Waals surface area contributed by atoms with Crippen LogP contribution in [0.1, 0.15) is 119 Å². The maximum atomic E-state index is 13.8. The fourth-order valence-corrected chi connectivity index (χ4v) is 11.5. The lowest BCUT2D eigenvalue weighted by atomic mass is 9.33. The second-order valence-electron chi connectivity index (χ2n) is 16.1. The number of carbonyl (C=O) groups is 1. The highest BCUT2D eigenvalue weighted by atomic mass is 79.9. The van der Waals surface area contributed by atoms with Crippen LogP contribution in [-0.4, -0.2) is 29.1 Å². The first kappa shape index (κ1) is 28.2. The van der Waals surface area contributed by atoms with Crippen molar-refractivity contribution in [2.75, 3.05) is 11.9 Å². The second kappa shape index (κ2) is 9.08. The molecule has 3 nitrogen and oxygen atoms in total. The molecular weight excluding hydrogens is 524 g/mol. The molecule has 37 heavy (non-hydrogen) atoms. The van der Waals surface area contributed by atoms with Crippen LogP contribution >= 0.6 is 15.9 Å². The van der Waals surface area contributed by atoms with Gasteiger partial charge in [0.15, 0.2) is 0 Å². The summed E-state index contributed by atoms with van der Waals surface area (Å²) < 4.78 is 5.99. The summed E-state index contributed by atoms with van der Waals surface area (Å²) in [6.07, 6.45) is 14.0. The van der Waals surface area contributed by atoms with Crippen molar-refractivity contribution in [3.8, 4) is 0 Å². The Labute approximate surface area is 235 Å². The predicted octanol–water partition coefficient (Wildman–Crippen LogP) is 8.48. The number of allylic oxidation sites excluding steroid dienone is 2. The van der Waals surface area contributed by atoms with Gasteiger partial charge in [-0.3, -0.25) is 4.79 Å². The van der Waals surface area contributed by atoms with E-state index in [1.165, 1.54) is 12.8 Å². The van der Waals surface area contributed by atoms with Crippen molar-refractivity contribution in [1.82, 2.24) is 0 Å². The van der Waals surface area contributed by atoms with Crippen LogP contribution in [0.5, 0.6) is 0 Å². The lowest BCUT2D eigenvalue weighted by Crippen LogP contribution is -2.64. The van der Waals surface area contributed by atoms with Gasteiger partial charge in [-0.05, 0) is 115 Å². The largest absolute Gasteiger partial charge is 0.465 e. The molecule has 0 aromatic heterocycles. The van der Waals surface area contributed by atoms with Crippen LogP contribution in [0.3, 0.4) is 0 Å². The topological polar surface area (TPSA) is 46.5 Å². The van der Waals surface area contributed by atoms with E-state index in [0.717, 1.165) is 63.1 Å². The minimum Gasteiger partial charge on any atom is -0.465 e. The molecular formula is C33H53BrO3. The summed E-state index contributed by atoms with van der Waals surface area (Å²) in [5, 5.41) is 11.9. The Kier molecular flexibility index (Phi) is 6.92. The molecule has 0 spiro atoms. The quantitative estimate of drug-likeness (QED) is 0.158. The third kappa shape index (κ3) is 4.07. The monoisotopic (exact) mass is 576 g/mol. The molecule has 0 saturated heterocycles. The first-order valence-electron chi connectivity index (χ1n) is 15.3. The molecule has 4 heteroatoms. The number of alkyl halides is 1. The number of rotatable bonds is 4. The van der Waals surface area contributed by atoms with Crippen LogP contribution < -0.4 is 0 Å². The van der Waals surface area contributed by atoms with Crippen LogP contribution in [0.15, 0.2) is 11.6 Å². The number of ether oxygens (including phenoxy) is 1. The third-order valence-corrected chi connectivity index (χ3v) is 13.8. The zero-order valence-electron chi connectivity index (χ0n) is 24.7. The van der Waals surface area contributed by atoms with Crippen LogP contribution in [0, 0.1) is 50.2 Å². The molecule has 0 aromatic rings. The maximum Gasteiger partial charge on any atom is 0.312 e. The Morgan fingerprint density at radius 2 is 1.68 bits per heavy atom. The number of fused-ring (bicyclic) bond motifs is 7. The van der Waals surface area contributed by atoms with E-state index in [0.29, 0.717) is 24.4 Å². The van der Waals surface area contributed by atoms with Gasteiger partial charge < -0.3 is 9.84 Å². The lowest BCUT2D eigenvalue weighted by molar-refractivity contribution is -0.202. The molecule has 5 aliphatic rings. The van der Waals surface area contributed by atoms with Crippen molar-refractivity contribution in [2.45, 2.75) is 125 Å². The highest BCUT2D eigenvalue weighted by Gasteiger charge is 2.69. The van der Waals surface area contributed by atoms with Gasteiger partial charge >= 0.3 is 5.97 Å². The minimum atomic E-state index is -0.347. The molecule has 8 atom stereocenters. The normalized spacial score (nSPS) is 48.0. The van der Waals surface area contributed by atoms with Crippen LogP contribution in [0.25, 0.3) is 0 Å². The summed E-state index contributed by atoms with van der Waals surface area (Å²) in [5.74, 6) is 1.62. The first-order valence-corrected chi connectivity index (χ1v) is 16.4. The molecule has 0 radical (unpaired) electrons. The fraction of sp³-hybridized carbons (Fsp3) is 0.909. The summed E-state index contributed by atoms with van der Waals surface area (Å²) in [5.41, 5.74) is 2.15. The van der Waals surface area contributed by atoms with Gasteiger partial charge in [-0.2, -0.15) is 0 Å². The molecule has 4 saturated carbocycles. The molecule has 0 aliphatic heterocycles. The second-order valence-corrected chi connectivity index (χ2v) is 16.9. The number of aliphatic hydroxyl groups is 1. The highest BCUT2D eigenvalue weighted by Crippen LogP contribution is 2.75. The molecule has 210 valence electrons. The van der Waals surface area contributed by atoms with E-state index in [1.54, 1.807) is 5.57 Å². The van der Waals surface area contributed by atoms with Crippen molar-refractivity contribution >= 4 is 21.9 Å². The van der Waals surface area contributed by atoms with Crippen molar-refractivity contribution in [3.63, 3.8) is 0 Å². The SMILES string of the molecule is CC1(C)CC[C@]2(C(=O)OCCCBr)CC[C@]3(C)C(=CCC4[C@@]5(C)C[C@H](O)CC(C)(C)C5CC[C@]43C)C2C1. The molecule has 1 N–H and O–H groups in total. The van der Waals surface area contributed by atoms with Crippen molar-refractivity contribution in [1.29, 1.82) is 0 Å². The van der Waals surface area contributed by atoms with E-state index < -0.39 is 0 Å². The molecule has 0 amide bonds. The number of hydrogen-bond donors (Lipinski definition) is 1. The molecule has 3 unspecified atom stereocenters. The molecule has 0 bridgehead atoms. The van der Waals surface area contributed by atoms with Gasteiger partial charge in [-0.15, -0.1) is 0 Å². The first-order chi connectivity index (χ1) is 17.2. The van der Waals surface area contributed by atoms with Crippen molar-refractivity contribution < 1.29 is 14.6 Å². The van der Waals surface area contributed by atoms with Gasteiger partial charge in [0.25, 0.3) is 0 Å². The summed E-state index contributed by atoms with van der Waals surface area (Å²) in [4.78, 5) is 13.8. The zero-order valence-corrected chi connectivity index (χ0v) is 26.3. The Hall–Kier alpha value is -0.350. The molecule has 5 aliphatic carbocycles. The van der Waals surface area contributed by atoms with Crippen LogP contribution in [0.2, 0.25) is 0 Å². The Balaban J connectivity index is 1.55. The third-order valence-electron chi connectivity index (χ3n) is 13.2. The smallest absolute Gasteiger partial charge is 0.312 e. The van der Waals surface area contributed by atoms with E-state index >= 15 is 0 Å². The highest BCUT2D eigenvalue weighted by molar-refractivity contribution is 9.09. The van der Waals surface area contributed by atoms with Gasteiger partial charge in [0.2, 0.25) is 0 Å². The summed E-state index contributed by atoms with van der Waals surface area (Å²) in [6, 6.07) is 0. The van der Waals surface area contributed by atoms with Crippen LogP contribution in [-0.2, 0) is 9.53 Å². The van der Waals surface area contributed by atoms with Crippen molar-refractivity contribution in [3.05, 3.63) is 11.6 Å². The number of aliphatic hydroxyl groups excluding tert-OH is 1. The molecule has 0 aromatic carbocycles. The van der Waals surface area contributed by atoms with Crippen LogP contribution in [0.4, 0.5) is 0 Å². The average Bonchev–Trinajstić information content (AvgIpc) is 2.78. The molecule has 5 rings (SSSR count). The Morgan fingerprint density at radius 1 is 0.973 bits per heavy atom. The maximum absolute atomic E-state index is 13.8. The number of esters is 1. The van der Waals surface area contributed by atoms with Crippen molar-refractivity contribution in [2.24, 2.45) is 50.2 Å². The van der Waals surface area contributed by atoms with E-state index in [9.17, 15) is 9.90 Å². The predicted molar refractivity (Wildman–Crippen MR) is 154 cm³/mol. The van der Waals surface area contributed by atoms with E-state index in [2.05, 4.69) is 70.5 Å². The lowest BCUT2D eigenvalue weighted by Gasteiger charge is -2.71. The summed E-state index contributed by atoms with van der Waals surface area (Å²) >= 11 is 3.49. The zero-order chi connectivity index (χ0) is 27.1. The standard InChI is InChI=1S/C33H53BrO3/c1-28(2)13-15-33(27(36)37-18-8-17-34)16-14-31(6)23(24(33)21-28)9-10-26-30(5)20-22(35)19-29(3,4)25(30)11-12-32(26,31)7/h9,22,24-26,35H,8,10-21H2,1-7H3/t22-,24?,25?,26?,30+,31-,32-,33+/m1/s1. The minimum absolute atomic E-state index is 0.0806. The van der Waals surface area contributed by atoms with E-state index in [4.69, 9.17) is 4.74 Å². The number of halogens is 1. The summed E-state index contributed by atoms with van der Waals surface area (Å²) in [7, 11) is 0. The van der Waals surface area contributed by atoms with Gasteiger partial charge in [0.1, 0.15) is 0 Å². The van der Waals surface area contributed by atoms with Gasteiger partial charge in [-0.25, -0.2) is 0 Å². The molecule has 4 fully saturated rings. The number of carbonyl (C=O) groups excluding carboxylic acids is 1. The van der Waals surface area contributed by atoms with E-state index in [-0.39, 0.29) is 44.6 Å². The Bertz CT molecular complexity index is 953. The summed E-state index contributed by atoms with van der Waals surface area (Å²) in [6.45, 7) is 17.9. The van der Waals surface area contributed by atoms with Gasteiger partial charge in [0, 0.05) is 5.33 Å².